The summed E-state index contributed by atoms with van der Waals surface area (Å²) in [6.07, 6.45) is 0. The third kappa shape index (κ3) is 4.14. The number of hydrogen-bond donors (Lipinski definition) is 0. The van der Waals surface area contributed by atoms with Gasteiger partial charge in [0.15, 0.2) is 0 Å². The maximum absolute atomic E-state index is 13.8. The van der Waals surface area contributed by atoms with E-state index in [4.69, 9.17) is 0 Å². The van der Waals surface area contributed by atoms with Gasteiger partial charge in [-0.25, -0.2) is 0 Å². The van der Waals surface area contributed by atoms with E-state index in [-0.39, 0.29) is 13.2 Å². The van der Waals surface area contributed by atoms with Crippen LogP contribution in [0.2, 0.25) is 0 Å². The molecule has 1 rings (SSSR count). The summed E-state index contributed by atoms with van der Waals surface area (Å²) in [6.45, 7) is 2.65. The molecule has 0 aliphatic heterocycles. The maximum atomic E-state index is 13.8. The highest BCUT2D eigenvalue weighted by Gasteiger charge is 2.52. The molecule has 0 saturated carbocycles. The second-order valence-electron chi connectivity index (χ2n) is 3.49. The molecule has 0 atom stereocenters. The Kier molecular flexibility index (Phi) is 5.68. The second-order valence-corrected chi connectivity index (χ2v) is 5.56. The van der Waals surface area contributed by atoms with Crippen LogP contribution in [0.25, 0.3) is 0 Å². The Bertz CT molecular complexity index is 496. The zero-order valence-corrected chi connectivity index (χ0v) is 11.6. The quantitative estimate of drug-likeness (QED) is 0.609. The summed E-state index contributed by atoms with van der Waals surface area (Å²) >= 11 is 0. The Morgan fingerprint density at radius 1 is 1.16 bits per heavy atom. The van der Waals surface area contributed by atoms with E-state index >= 15 is 0 Å². The van der Waals surface area contributed by atoms with Crippen molar-refractivity contribution in [1.82, 2.24) is 0 Å². The van der Waals surface area contributed by atoms with Crippen molar-refractivity contribution in [2.24, 2.45) is 0 Å². The van der Waals surface area contributed by atoms with Gasteiger partial charge in [0.05, 0.1) is 13.2 Å². The van der Waals surface area contributed by atoms with Gasteiger partial charge in [0, 0.05) is 5.56 Å². The molecule has 104 valence electrons. The minimum absolute atomic E-state index is 0.139. The maximum Gasteiger partial charge on any atom is 0.412 e. The van der Waals surface area contributed by atoms with Crippen molar-refractivity contribution in [2.45, 2.75) is 19.5 Å². The highest BCUT2D eigenvalue weighted by atomic mass is 31.2. The molecule has 0 heterocycles. The van der Waals surface area contributed by atoms with E-state index in [1.54, 1.807) is 36.3 Å². The monoisotopic (exact) mass is 288 g/mol. The molecule has 0 aliphatic rings. The first-order valence-electron chi connectivity index (χ1n) is 5.80. The molecule has 1 aromatic carbocycles. The van der Waals surface area contributed by atoms with Crippen molar-refractivity contribution in [1.29, 1.82) is 0 Å². The number of rotatable bonds is 5. The summed E-state index contributed by atoms with van der Waals surface area (Å²) in [5.41, 5.74) is -3.43. The molecule has 0 spiro atoms. The molecular formula is C13H15F2O3P. The second kappa shape index (κ2) is 6.81. The van der Waals surface area contributed by atoms with Crippen LogP contribution >= 0.6 is 7.60 Å². The predicted octanol–water partition coefficient (Wildman–Crippen LogP) is 3.90. The van der Waals surface area contributed by atoms with Crippen LogP contribution in [0.5, 0.6) is 0 Å². The Morgan fingerprint density at radius 2 is 1.68 bits per heavy atom. The first-order chi connectivity index (χ1) is 8.95. The Morgan fingerprint density at radius 3 is 2.16 bits per heavy atom. The first-order valence-corrected chi connectivity index (χ1v) is 7.34. The van der Waals surface area contributed by atoms with Crippen molar-refractivity contribution in [3.63, 3.8) is 0 Å². The molecule has 0 amide bonds. The van der Waals surface area contributed by atoms with Crippen LogP contribution in [0.1, 0.15) is 19.4 Å². The van der Waals surface area contributed by atoms with Crippen molar-refractivity contribution < 1.29 is 22.4 Å². The number of halogens is 2. The van der Waals surface area contributed by atoms with Crippen molar-refractivity contribution in [3.8, 4) is 11.8 Å². The molecule has 19 heavy (non-hydrogen) atoms. The van der Waals surface area contributed by atoms with Crippen LogP contribution in [0.4, 0.5) is 8.78 Å². The zero-order valence-electron chi connectivity index (χ0n) is 10.7. The third-order valence-corrected chi connectivity index (χ3v) is 4.07. The van der Waals surface area contributed by atoms with Gasteiger partial charge in [0.2, 0.25) is 0 Å². The van der Waals surface area contributed by atoms with Gasteiger partial charge < -0.3 is 9.05 Å². The highest BCUT2D eigenvalue weighted by molar-refractivity contribution is 7.55. The van der Waals surface area contributed by atoms with Crippen molar-refractivity contribution >= 4 is 7.60 Å². The summed E-state index contributed by atoms with van der Waals surface area (Å²) < 4.78 is 48.9. The smallest absolute Gasteiger partial charge is 0.304 e. The summed E-state index contributed by atoms with van der Waals surface area (Å²) in [6, 6.07) is 8.25. The van der Waals surface area contributed by atoms with Crippen molar-refractivity contribution in [2.75, 3.05) is 13.2 Å². The predicted molar refractivity (Wildman–Crippen MR) is 69.1 cm³/mol. The fourth-order valence-corrected chi connectivity index (χ4v) is 2.55. The molecule has 0 radical (unpaired) electrons. The van der Waals surface area contributed by atoms with E-state index in [0.29, 0.717) is 5.56 Å². The molecule has 6 heteroatoms. The van der Waals surface area contributed by atoms with Gasteiger partial charge in [0.25, 0.3) is 0 Å². The van der Waals surface area contributed by atoms with Crippen LogP contribution in [0.15, 0.2) is 30.3 Å². The van der Waals surface area contributed by atoms with Gasteiger partial charge in [-0.2, -0.15) is 8.78 Å². The van der Waals surface area contributed by atoms with E-state index in [1.165, 1.54) is 13.8 Å². The van der Waals surface area contributed by atoms with Gasteiger partial charge in [-0.15, -0.1) is 0 Å². The SMILES string of the molecule is CCOP(=O)(OCC)C(F)(F)C#Cc1ccccc1. The Balaban J connectivity index is 3.02. The molecule has 1 aromatic rings. The molecular weight excluding hydrogens is 273 g/mol. The van der Waals surface area contributed by atoms with Gasteiger partial charge in [-0.05, 0) is 31.9 Å². The molecule has 0 unspecified atom stereocenters. The lowest BCUT2D eigenvalue weighted by molar-refractivity contribution is 0.0870. The lowest BCUT2D eigenvalue weighted by atomic mass is 10.2. The molecule has 0 bridgehead atoms. The van der Waals surface area contributed by atoms with E-state index in [9.17, 15) is 13.3 Å². The minimum Gasteiger partial charge on any atom is -0.304 e. The highest BCUT2D eigenvalue weighted by Crippen LogP contribution is 2.61. The lowest BCUT2D eigenvalue weighted by Crippen LogP contribution is -2.18. The van der Waals surface area contributed by atoms with Gasteiger partial charge in [0.1, 0.15) is 0 Å². The van der Waals surface area contributed by atoms with Crippen LogP contribution in [-0.4, -0.2) is 18.9 Å². The zero-order chi connectivity index (χ0) is 14.4. The van der Waals surface area contributed by atoms with Crippen LogP contribution < -0.4 is 0 Å². The van der Waals surface area contributed by atoms with Gasteiger partial charge in [-0.3, -0.25) is 4.57 Å². The Labute approximate surface area is 111 Å². The van der Waals surface area contributed by atoms with Crippen molar-refractivity contribution in [3.05, 3.63) is 35.9 Å². The summed E-state index contributed by atoms with van der Waals surface area (Å²) in [4.78, 5) is 0. The average Bonchev–Trinajstić information content (AvgIpc) is 2.38. The summed E-state index contributed by atoms with van der Waals surface area (Å²) in [7, 11) is -4.57. The molecule has 0 aromatic heterocycles. The fraction of sp³-hybridized carbons (Fsp3) is 0.385. The summed E-state index contributed by atoms with van der Waals surface area (Å²) in [5.74, 6) is 3.96. The minimum atomic E-state index is -4.57. The normalized spacial score (nSPS) is 11.8. The van der Waals surface area contributed by atoms with E-state index < -0.39 is 13.3 Å². The topological polar surface area (TPSA) is 35.5 Å². The summed E-state index contributed by atoms with van der Waals surface area (Å²) in [5, 5.41) is 0. The molecule has 0 saturated heterocycles. The molecule has 0 N–H and O–H groups in total. The largest absolute Gasteiger partial charge is 0.412 e. The van der Waals surface area contributed by atoms with Gasteiger partial charge >= 0.3 is 13.3 Å². The fourth-order valence-electron chi connectivity index (χ4n) is 1.28. The average molecular weight is 288 g/mol. The van der Waals surface area contributed by atoms with E-state index in [1.807, 2.05) is 0 Å². The standard InChI is InChI=1S/C13H15F2O3P/c1-3-17-19(16,18-4-2)13(14,15)11-10-12-8-6-5-7-9-12/h5-9H,3-4H2,1-2H3. The third-order valence-electron chi connectivity index (χ3n) is 2.07. The van der Waals surface area contributed by atoms with E-state index in [2.05, 4.69) is 15.0 Å². The van der Waals surface area contributed by atoms with E-state index in [0.717, 1.165) is 0 Å². The van der Waals surface area contributed by atoms with Gasteiger partial charge in [-0.1, -0.05) is 24.1 Å². The molecule has 0 aliphatic carbocycles. The molecule has 0 fully saturated rings. The first kappa shape index (κ1) is 15.8. The van der Waals surface area contributed by atoms with Crippen LogP contribution in [-0.2, 0) is 13.6 Å². The number of hydrogen-bond acceptors (Lipinski definition) is 3. The Hall–Kier alpha value is -1.21. The number of alkyl halides is 2. The lowest BCUT2D eigenvalue weighted by Gasteiger charge is -2.21. The number of benzene rings is 1. The molecule has 3 nitrogen and oxygen atoms in total. The van der Waals surface area contributed by atoms with Crippen LogP contribution in [0, 0.1) is 11.8 Å². The van der Waals surface area contributed by atoms with Crippen LogP contribution in [0.3, 0.4) is 0 Å².